The largest absolute Gasteiger partial charge is 0.326 e. The van der Waals surface area contributed by atoms with Crippen LogP contribution in [0.2, 0.25) is 0 Å². The molecule has 0 unspecified atom stereocenters. The Morgan fingerprint density at radius 3 is 2.32 bits per heavy atom. The molecule has 4 aliphatic carbocycles. The number of unbranched alkanes of at least 4 members (excludes halogenated alkanes) is 2. The summed E-state index contributed by atoms with van der Waals surface area (Å²) in [5.74, 6) is 1.48. The molecule has 6 atom stereocenters. The highest BCUT2D eigenvalue weighted by Gasteiger charge is 2.66. The lowest BCUT2D eigenvalue weighted by Gasteiger charge is -2.37. The van der Waals surface area contributed by atoms with Gasteiger partial charge in [0, 0.05) is 24.2 Å². The van der Waals surface area contributed by atoms with E-state index in [-0.39, 0.29) is 47.2 Å². The second kappa shape index (κ2) is 7.74. The summed E-state index contributed by atoms with van der Waals surface area (Å²) in [7, 11) is 0. The molecular weight excluding hydrogens is 392 g/mol. The summed E-state index contributed by atoms with van der Waals surface area (Å²) in [4.78, 5) is 51.0. The van der Waals surface area contributed by atoms with Gasteiger partial charge in [0.25, 0.3) is 0 Å². The molecule has 0 aromatic heterocycles. The second-order valence-corrected chi connectivity index (χ2v) is 9.48. The Hall–Kier alpha value is -2.76. The molecule has 1 aromatic rings. The Bertz CT molecular complexity index is 947. The molecule has 2 bridgehead atoms. The number of carbonyl (C=O) groups excluding carboxylic acids is 4. The smallest absolute Gasteiger partial charge is 0.233 e. The monoisotopic (exact) mass is 420 g/mol. The minimum absolute atomic E-state index is 0.0304. The average Bonchev–Trinajstić information content (AvgIpc) is 3.53. The predicted molar refractivity (Wildman–Crippen MR) is 115 cm³/mol. The molecule has 162 valence electrons. The summed E-state index contributed by atoms with van der Waals surface area (Å²) >= 11 is 0. The molecule has 6 nitrogen and oxygen atoms in total. The van der Waals surface area contributed by atoms with E-state index in [9.17, 15) is 19.2 Å². The van der Waals surface area contributed by atoms with Crippen LogP contribution >= 0.6 is 0 Å². The Labute approximate surface area is 182 Å². The second-order valence-electron chi connectivity index (χ2n) is 9.48. The van der Waals surface area contributed by atoms with Crippen molar-refractivity contribution in [2.75, 3.05) is 11.9 Å². The molecule has 1 N–H and O–H groups in total. The highest BCUT2D eigenvalue weighted by Crippen LogP contribution is 2.65. The molecule has 1 heterocycles. The van der Waals surface area contributed by atoms with Crippen LogP contribution in [0, 0.1) is 35.5 Å². The van der Waals surface area contributed by atoms with Crippen LogP contribution in [0.5, 0.6) is 0 Å². The van der Waals surface area contributed by atoms with Gasteiger partial charge in [-0.1, -0.05) is 30.7 Å². The van der Waals surface area contributed by atoms with Gasteiger partial charge in [0.05, 0.1) is 11.8 Å². The minimum atomic E-state index is -0.122. The molecule has 6 rings (SSSR count). The van der Waals surface area contributed by atoms with Crippen LogP contribution in [0.1, 0.15) is 49.4 Å². The molecule has 3 amide bonds. The maximum absolute atomic E-state index is 12.9. The zero-order chi connectivity index (χ0) is 21.7. The van der Waals surface area contributed by atoms with Gasteiger partial charge >= 0.3 is 0 Å². The number of amides is 3. The Morgan fingerprint density at radius 1 is 1.00 bits per heavy atom. The minimum Gasteiger partial charge on any atom is -0.326 e. The first-order valence-corrected chi connectivity index (χ1v) is 11.4. The molecule has 3 fully saturated rings. The molecular formula is C25H28N2O4. The summed E-state index contributed by atoms with van der Waals surface area (Å²) in [5.41, 5.74) is 1.19. The van der Waals surface area contributed by atoms with Gasteiger partial charge in [-0.15, -0.1) is 0 Å². The third-order valence-corrected chi connectivity index (χ3v) is 7.59. The van der Waals surface area contributed by atoms with E-state index in [1.165, 1.54) is 18.2 Å². The number of carbonyl (C=O) groups is 4. The molecule has 5 aliphatic rings. The number of rotatable bonds is 8. The van der Waals surface area contributed by atoms with Crippen LogP contribution in [0.25, 0.3) is 0 Å². The Kier molecular flexibility index (Phi) is 5.03. The molecule has 1 saturated heterocycles. The zero-order valence-corrected chi connectivity index (χ0v) is 17.8. The van der Waals surface area contributed by atoms with E-state index in [4.69, 9.17) is 0 Å². The maximum atomic E-state index is 12.9. The molecule has 6 heteroatoms. The van der Waals surface area contributed by atoms with E-state index in [0.29, 0.717) is 42.5 Å². The molecule has 2 saturated carbocycles. The van der Waals surface area contributed by atoms with Crippen LogP contribution in [0.15, 0.2) is 36.4 Å². The van der Waals surface area contributed by atoms with Crippen molar-refractivity contribution >= 4 is 29.2 Å². The van der Waals surface area contributed by atoms with Crippen molar-refractivity contribution in [3.05, 3.63) is 42.0 Å². The van der Waals surface area contributed by atoms with Crippen molar-refractivity contribution in [2.45, 2.75) is 39.0 Å². The molecule has 1 aliphatic heterocycles. The number of hydrogen-bond donors (Lipinski definition) is 1. The van der Waals surface area contributed by atoms with E-state index in [1.54, 1.807) is 24.3 Å². The molecule has 0 radical (unpaired) electrons. The molecule has 31 heavy (non-hydrogen) atoms. The third kappa shape index (κ3) is 3.52. The van der Waals surface area contributed by atoms with E-state index < -0.39 is 0 Å². The van der Waals surface area contributed by atoms with Crippen LogP contribution in [0.4, 0.5) is 5.69 Å². The van der Waals surface area contributed by atoms with Crippen molar-refractivity contribution in [2.24, 2.45) is 35.5 Å². The van der Waals surface area contributed by atoms with Crippen molar-refractivity contribution in [1.29, 1.82) is 0 Å². The number of hydrogen-bond acceptors (Lipinski definition) is 4. The lowest BCUT2D eigenvalue weighted by atomic mass is 9.63. The first kappa shape index (κ1) is 20.2. The highest BCUT2D eigenvalue weighted by molar-refractivity contribution is 6.06. The summed E-state index contributed by atoms with van der Waals surface area (Å²) in [5, 5.41) is 2.83. The van der Waals surface area contributed by atoms with E-state index >= 15 is 0 Å². The molecule has 0 spiro atoms. The van der Waals surface area contributed by atoms with Gasteiger partial charge in [0.2, 0.25) is 17.7 Å². The average molecular weight is 421 g/mol. The third-order valence-electron chi connectivity index (χ3n) is 7.59. The number of allylic oxidation sites excluding steroid dienone is 2. The Balaban J connectivity index is 1.07. The number of imide groups is 1. The van der Waals surface area contributed by atoms with Gasteiger partial charge in [0.1, 0.15) is 0 Å². The van der Waals surface area contributed by atoms with Crippen LogP contribution in [-0.4, -0.2) is 34.9 Å². The van der Waals surface area contributed by atoms with E-state index in [1.807, 2.05) is 0 Å². The molecule has 1 aromatic carbocycles. The van der Waals surface area contributed by atoms with Gasteiger partial charge in [-0.2, -0.15) is 0 Å². The lowest BCUT2D eigenvalue weighted by molar-refractivity contribution is -0.140. The fourth-order valence-corrected chi connectivity index (χ4v) is 6.01. The number of nitrogens with zero attached hydrogens (tertiary/aromatic N) is 1. The predicted octanol–water partition coefficient (Wildman–Crippen LogP) is 3.44. The number of ketones is 1. The quantitative estimate of drug-likeness (QED) is 0.302. The standard InChI is InChI=1S/C25H28N2O4/c1-14(28)15-6-5-7-16(12-15)26-21(29)8-3-2-4-11-27-24(30)22-17-9-10-18(20-13-19(17)20)23(22)25(27)31/h5-7,9-10,12,17-20,22-23H,2-4,8,11,13H2,1H3,(H,26,29)/t17-,18-,19-,20+,22+,23+/m1/s1. The van der Waals surface area contributed by atoms with Gasteiger partial charge in [-0.05, 0) is 62.0 Å². The normalized spacial score (nSPS) is 32.1. The number of anilines is 1. The maximum Gasteiger partial charge on any atom is 0.233 e. The summed E-state index contributed by atoms with van der Waals surface area (Å²) in [6.45, 7) is 1.96. The van der Waals surface area contributed by atoms with Gasteiger partial charge in [0.15, 0.2) is 5.78 Å². The van der Waals surface area contributed by atoms with E-state index in [2.05, 4.69) is 17.5 Å². The van der Waals surface area contributed by atoms with Crippen LogP contribution in [-0.2, 0) is 14.4 Å². The topological polar surface area (TPSA) is 83.6 Å². The SMILES string of the molecule is CC(=O)c1cccc(NC(=O)CCCCCN2C(=O)[C@H]3[C@@H]4C=C[C@H]([C@@H]5C[C@H]45)[C@@H]3C2=O)c1. The van der Waals surface area contributed by atoms with Crippen molar-refractivity contribution in [3.8, 4) is 0 Å². The summed E-state index contributed by atoms with van der Waals surface area (Å²) in [6.07, 6.45) is 8.13. The number of nitrogens with one attached hydrogen (secondary N) is 1. The fourth-order valence-electron chi connectivity index (χ4n) is 6.01. The summed E-state index contributed by atoms with van der Waals surface area (Å²) in [6, 6.07) is 6.91. The van der Waals surface area contributed by atoms with E-state index in [0.717, 1.165) is 12.8 Å². The van der Waals surface area contributed by atoms with Gasteiger partial charge in [-0.3, -0.25) is 24.1 Å². The fraction of sp³-hybridized carbons (Fsp3) is 0.520. The number of benzene rings is 1. The van der Waals surface area contributed by atoms with Gasteiger partial charge in [-0.25, -0.2) is 0 Å². The van der Waals surface area contributed by atoms with Crippen molar-refractivity contribution in [3.63, 3.8) is 0 Å². The number of likely N-dealkylation sites (tertiary alicyclic amines) is 1. The van der Waals surface area contributed by atoms with Crippen LogP contribution in [0.3, 0.4) is 0 Å². The van der Waals surface area contributed by atoms with Gasteiger partial charge < -0.3 is 5.32 Å². The zero-order valence-electron chi connectivity index (χ0n) is 17.8. The van der Waals surface area contributed by atoms with Crippen molar-refractivity contribution < 1.29 is 19.2 Å². The highest BCUT2D eigenvalue weighted by atomic mass is 16.2. The summed E-state index contributed by atoms with van der Waals surface area (Å²) < 4.78 is 0. The first-order valence-electron chi connectivity index (χ1n) is 11.4. The lowest BCUT2D eigenvalue weighted by Crippen LogP contribution is -2.40. The Morgan fingerprint density at radius 2 is 1.68 bits per heavy atom. The van der Waals surface area contributed by atoms with Crippen LogP contribution < -0.4 is 5.32 Å². The first-order chi connectivity index (χ1) is 15.0. The van der Waals surface area contributed by atoms with Crippen molar-refractivity contribution in [1.82, 2.24) is 4.90 Å². The number of Topliss-reactive ketones (excluding diaryl/α,β-unsaturated/α-hetero) is 1.